The molecule has 2 heterocycles. The molecule has 0 fully saturated rings. The SMILES string of the molecule is c1cc2c(c(-n3c4ccccc4c4ccccc43)c1)Cc1c-2cccc1-n1c2ccccc2c2ccccc21. The fraction of sp³-hybridized carbons (Fsp3) is 0.0270. The highest BCUT2D eigenvalue weighted by molar-refractivity contribution is 6.10. The van der Waals surface area contributed by atoms with Crippen molar-refractivity contribution in [2.24, 2.45) is 0 Å². The summed E-state index contributed by atoms with van der Waals surface area (Å²) in [6.45, 7) is 0. The molecule has 0 aliphatic heterocycles. The fourth-order valence-electron chi connectivity index (χ4n) is 6.99. The van der Waals surface area contributed by atoms with Gasteiger partial charge in [-0.25, -0.2) is 0 Å². The van der Waals surface area contributed by atoms with E-state index in [0.717, 1.165) is 6.42 Å². The number of hydrogen-bond donors (Lipinski definition) is 0. The van der Waals surface area contributed by atoms with E-state index in [9.17, 15) is 0 Å². The van der Waals surface area contributed by atoms with Crippen molar-refractivity contribution < 1.29 is 0 Å². The molecule has 2 aromatic heterocycles. The highest BCUT2D eigenvalue weighted by atomic mass is 15.0. The zero-order chi connectivity index (χ0) is 25.5. The lowest BCUT2D eigenvalue weighted by molar-refractivity contribution is 1.09. The van der Waals surface area contributed by atoms with Crippen LogP contribution in [0.5, 0.6) is 0 Å². The van der Waals surface area contributed by atoms with Gasteiger partial charge in [0.25, 0.3) is 0 Å². The van der Waals surface area contributed by atoms with Crippen LogP contribution < -0.4 is 0 Å². The molecule has 2 nitrogen and oxygen atoms in total. The van der Waals surface area contributed by atoms with Crippen LogP contribution in [0.3, 0.4) is 0 Å². The van der Waals surface area contributed by atoms with E-state index >= 15 is 0 Å². The maximum Gasteiger partial charge on any atom is 0.0541 e. The van der Waals surface area contributed by atoms with Crippen LogP contribution in [0.15, 0.2) is 133 Å². The second-order valence-corrected chi connectivity index (χ2v) is 10.5. The van der Waals surface area contributed by atoms with Crippen molar-refractivity contribution in [1.29, 1.82) is 0 Å². The van der Waals surface area contributed by atoms with Crippen LogP contribution in [0, 0.1) is 0 Å². The number of benzene rings is 6. The molecule has 0 spiro atoms. The van der Waals surface area contributed by atoms with Crippen molar-refractivity contribution in [2.75, 3.05) is 0 Å². The Bertz CT molecular complexity index is 1990. The summed E-state index contributed by atoms with van der Waals surface area (Å²) in [5.41, 5.74) is 13.0. The van der Waals surface area contributed by atoms with Crippen LogP contribution >= 0.6 is 0 Å². The smallest absolute Gasteiger partial charge is 0.0541 e. The number of fused-ring (bicyclic) bond motifs is 9. The molecule has 9 rings (SSSR count). The van der Waals surface area contributed by atoms with Crippen LogP contribution in [0.25, 0.3) is 66.1 Å². The number of nitrogens with zero attached hydrogens (tertiary/aromatic N) is 2. The van der Waals surface area contributed by atoms with Gasteiger partial charge in [0, 0.05) is 28.0 Å². The molecular formula is C37H24N2. The summed E-state index contributed by atoms with van der Waals surface area (Å²) in [7, 11) is 0. The Morgan fingerprint density at radius 3 is 1.03 bits per heavy atom. The van der Waals surface area contributed by atoms with Crippen molar-refractivity contribution in [2.45, 2.75) is 6.42 Å². The quantitative estimate of drug-likeness (QED) is 0.226. The average Bonchev–Trinajstić information content (AvgIpc) is 3.65. The molecule has 0 saturated heterocycles. The normalized spacial score (nSPS) is 12.5. The van der Waals surface area contributed by atoms with E-state index in [-0.39, 0.29) is 0 Å². The topological polar surface area (TPSA) is 9.86 Å². The molecule has 0 bridgehead atoms. The third-order valence-corrected chi connectivity index (χ3v) is 8.59. The highest BCUT2D eigenvalue weighted by Crippen LogP contribution is 2.45. The summed E-state index contributed by atoms with van der Waals surface area (Å²) in [4.78, 5) is 0. The molecular weight excluding hydrogens is 472 g/mol. The second-order valence-electron chi connectivity index (χ2n) is 10.5. The van der Waals surface area contributed by atoms with Gasteiger partial charge in [0.2, 0.25) is 0 Å². The lowest BCUT2D eigenvalue weighted by Gasteiger charge is -2.13. The molecule has 39 heavy (non-hydrogen) atoms. The highest BCUT2D eigenvalue weighted by Gasteiger charge is 2.27. The van der Waals surface area contributed by atoms with Gasteiger partial charge < -0.3 is 9.13 Å². The molecule has 2 heteroatoms. The number of hydrogen-bond acceptors (Lipinski definition) is 0. The molecule has 1 aliphatic rings. The van der Waals surface area contributed by atoms with Crippen LogP contribution in [-0.4, -0.2) is 9.13 Å². The van der Waals surface area contributed by atoms with E-state index in [1.54, 1.807) is 0 Å². The standard InChI is InChI=1S/C37H24N2/c1-5-17-32-26(11-1)27-12-2-6-18-33(27)38(32)36-21-9-15-24-25-16-10-22-37(31(25)23-30(24)36)39-34-19-7-3-13-28(34)29-14-4-8-20-35(29)39/h1-22H,23H2. The predicted octanol–water partition coefficient (Wildman–Crippen LogP) is 9.45. The summed E-state index contributed by atoms with van der Waals surface area (Å²) in [5.74, 6) is 0. The van der Waals surface area contributed by atoms with E-state index in [2.05, 4.69) is 143 Å². The molecule has 0 amide bonds. The molecule has 6 aromatic carbocycles. The third-order valence-electron chi connectivity index (χ3n) is 8.59. The van der Waals surface area contributed by atoms with Gasteiger partial charge in [-0.1, -0.05) is 97.1 Å². The van der Waals surface area contributed by atoms with Gasteiger partial charge in [0.1, 0.15) is 0 Å². The Morgan fingerprint density at radius 2 is 0.667 bits per heavy atom. The first-order chi connectivity index (χ1) is 19.4. The largest absolute Gasteiger partial charge is 0.309 e. The summed E-state index contributed by atoms with van der Waals surface area (Å²) in [5, 5.41) is 5.19. The maximum absolute atomic E-state index is 2.47. The lowest BCUT2D eigenvalue weighted by Crippen LogP contribution is -2.01. The maximum atomic E-state index is 2.47. The van der Waals surface area contributed by atoms with Crippen molar-refractivity contribution in [3.8, 4) is 22.5 Å². The summed E-state index contributed by atoms with van der Waals surface area (Å²) < 4.78 is 4.94. The first-order valence-electron chi connectivity index (χ1n) is 13.6. The number of aromatic nitrogens is 2. The molecule has 8 aromatic rings. The molecule has 0 unspecified atom stereocenters. The van der Waals surface area contributed by atoms with Gasteiger partial charge in [0.05, 0.1) is 33.4 Å². The van der Waals surface area contributed by atoms with Gasteiger partial charge in [-0.05, 0) is 58.7 Å². The molecule has 0 N–H and O–H groups in total. The van der Waals surface area contributed by atoms with Crippen LogP contribution in [0.4, 0.5) is 0 Å². The predicted molar refractivity (Wildman–Crippen MR) is 163 cm³/mol. The van der Waals surface area contributed by atoms with Crippen molar-refractivity contribution in [1.82, 2.24) is 9.13 Å². The Hall–Kier alpha value is -5.08. The Kier molecular flexibility index (Phi) is 4.14. The van der Waals surface area contributed by atoms with Crippen LogP contribution in [-0.2, 0) is 6.42 Å². The fourth-order valence-corrected chi connectivity index (χ4v) is 6.99. The first-order valence-corrected chi connectivity index (χ1v) is 13.6. The Morgan fingerprint density at radius 1 is 0.333 bits per heavy atom. The van der Waals surface area contributed by atoms with E-state index in [1.807, 2.05) is 0 Å². The summed E-state index contributed by atoms with van der Waals surface area (Å²) in [6.07, 6.45) is 0.901. The van der Waals surface area contributed by atoms with Crippen molar-refractivity contribution in [3.63, 3.8) is 0 Å². The average molecular weight is 497 g/mol. The van der Waals surface area contributed by atoms with Crippen LogP contribution in [0.2, 0.25) is 0 Å². The van der Waals surface area contributed by atoms with E-state index in [4.69, 9.17) is 0 Å². The van der Waals surface area contributed by atoms with Crippen LogP contribution in [0.1, 0.15) is 11.1 Å². The van der Waals surface area contributed by atoms with Crippen molar-refractivity contribution in [3.05, 3.63) is 145 Å². The second kappa shape index (κ2) is 7.72. The van der Waals surface area contributed by atoms with E-state index in [1.165, 1.54) is 77.2 Å². The monoisotopic (exact) mass is 496 g/mol. The van der Waals surface area contributed by atoms with E-state index < -0.39 is 0 Å². The summed E-state index contributed by atoms with van der Waals surface area (Å²) >= 11 is 0. The minimum absolute atomic E-state index is 0.901. The number of para-hydroxylation sites is 4. The Balaban J connectivity index is 1.32. The van der Waals surface area contributed by atoms with Gasteiger partial charge in [-0.15, -0.1) is 0 Å². The Labute approximate surface area is 226 Å². The van der Waals surface area contributed by atoms with Gasteiger partial charge in [0.15, 0.2) is 0 Å². The minimum atomic E-state index is 0.901. The van der Waals surface area contributed by atoms with Gasteiger partial charge in [-0.3, -0.25) is 0 Å². The molecule has 1 aliphatic carbocycles. The van der Waals surface area contributed by atoms with Gasteiger partial charge >= 0.3 is 0 Å². The molecule has 182 valence electrons. The molecule has 0 radical (unpaired) electrons. The summed E-state index contributed by atoms with van der Waals surface area (Å²) in [6, 6.07) is 48.8. The molecule has 0 saturated carbocycles. The van der Waals surface area contributed by atoms with Crippen molar-refractivity contribution >= 4 is 43.6 Å². The van der Waals surface area contributed by atoms with Gasteiger partial charge in [-0.2, -0.15) is 0 Å². The molecule has 0 atom stereocenters. The zero-order valence-electron chi connectivity index (χ0n) is 21.3. The minimum Gasteiger partial charge on any atom is -0.309 e. The first kappa shape index (κ1) is 20.9. The third kappa shape index (κ3) is 2.75. The van der Waals surface area contributed by atoms with E-state index in [0.29, 0.717) is 0 Å². The number of rotatable bonds is 2. The zero-order valence-corrected chi connectivity index (χ0v) is 21.3. The lowest BCUT2D eigenvalue weighted by atomic mass is 10.0.